The van der Waals surface area contributed by atoms with Crippen LogP contribution in [0.1, 0.15) is 35.1 Å². The van der Waals surface area contributed by atoms with Crippen molar-refractivity contribution < 1.29 is 13.9 Å². The molecule has 2 aromatic rings. The van der Waals surface area contributed by atoms with E-state index in [1.54, 1.807) is 6.26 Å². The van der Waals surface area contributed by atoms with Crippen LogP contribution in [-0.4, -0.2) is 29.6 Å². The number of carbonyl (C=O) groups is 1. The van der Waals surface area contributed by atoms with Crippen LogP contribution in [-0.2, 0) is 4.74 Å². The van der Waals surface area contributed by atoms with E-state index in [4.69, 9.17) is 9.15 Å². The molecule has 1 aliphatic rings. The normalized spacial score (nSPS) is 19.6. The van der Waals surface area contributed by atoms with E-state index >= 15 is 0 Å². The summed E-state index contributed by atoms with van der Waals surface area (Å²) in [6.45, 7) is 4.65. The van der Waals surface area contributed by atoms with Crippen LogP contribution in [0.4, 0.5) is 0 Å². The van der Waals surface area contributed by atoms with E-state index in [0.29, 0.717) is 11.5 Å². The molecule has 0 bridgehead atoms. The van der Waals surface area contributed by atoms with Crippen molar-refractivity contribution in [2.75, 3.05) is 6.61 Å². The van der Waals surface area contributed by atoms with Crippen LogP contribution in [0.2, 0.25) is 0 Å². The maximum absolute atomic E-state index is 12.4. The molecule has 1 fully saturated rings. The number of hydrogen-bond donors (Lipinski definition) is 1. The number of aromatic nitrogens is 1. The molecule has 0 radical (unpaired) electrons. The predicted molar refractivity (Wildman–Crippen MR) is 80.5 cm³/mol. The van der Waals surface area contributed by atoms with E-state index < -0.39 is 0 Å². The van der Waals surface area contributed by atoms with E-state index in [9.17, 15) is 4.79 Å². The first-order chi connectivity index (χ1) is 10.1. The summed E-state index contributed by atoms with van der Waals surface area (Å²) < 4.78 is 10.9. The Bertz CT molecular complexity index is 615. The molecule has 2 unspecified atom stereocenters. The number of nitrogens with one attached hydrogen (secondary N) is 1. The Balaban J connectivity index is 1.72. The topological polar surface area (TPSA) is 64.4 Å². The van der Waals surface area contributed by atoms with E-state index in [1.807, 2.05) is 26.0 Å². The first-order valence-electron chi connectivity index (χ1n) is 7.09. The van der Waals surface area contributed by atoms with Gasteiger partial charge in [0.2, 0.25) is 0 Å². The molecule has 112 valence electrons. The van der Waals surface area contributed by atoms with Gasteiger partial charge < -0.3 is 14.5 Å². The smallest absolute Gasteiger partial charge is 0.271 e. The summed E-state index contributed by atoms with van der Waals surface area (Å²) in [6.07, 6.45) is 3.77. The van der Waals surface area contributed by atoms with Crippen molar-refractivity contribution >= 4 is 17.2 Å². The zero-order valence-corrected chi connectivity index (χ0v) is 12.9. The predicted octanol–water partition coefficient (Wildman–Crippen LogP) is 3.01. The summed E-state index contributed by atoms with van der Waals surface area (Å²) in [7, 11) is 0. The number of rotatable bonds is 4. The second-order valence-electron chi connectivity index (χ2n) is 5.21. The average molecular weight is 306 g/mol. The highest BCUT2D eigenvalue weighted by Gasteiger charge is 2.25. The van der Waals surface area contributed by atoms with Crippen molar-refractivity contribution in [3.05, 3.63) is 29.0 Å². The number of aryl methyl sites for hydroxylation is 1. The summed E-state index contributed by atoms with van der Waals surface area (Å²) in [6, 6.07) is 3.65. The Hall–Kier alpha value is -1.66. The van der Waals surface area contributed by atoms with E-state index in [1.165, 1.54) is 11.3 Å². The molecule has 1 aliphatic heterocycles. The number of nitrogens with zero attached hydrogens (tertiary/aromatic N) is 1. The standard InChI is InChI=1S/C15H18N2O3S/c1-9(11-5-3-7-19-11)16-14(18)13-10(2)21-15(17-13)12-6-4-8-20-12/h4,6,8-9,11H,3,5,7H2,1-2H3,(H,16,18). The summed E-state index contributed by atoms with van der Waals surface area (Å²) >= 11 is 1.46. The van der Waals surface area contributed by atoms with Crippen molar-refractivity contribution in [2.24, 2.45) is 0 Å². The molecule has 1 saturated heterocycles. The van der Waals surface area contributed by atoms with Crippen molar-refractivity contribution in [1.82, 2.24) is 10.3 Å². The molecule has 0 spiro atoms. The quantitative estimate of drug-likeness (QED) is 0.943. The maximum atomic E-state index is 12.4. The molecule has 3 heterocycles. The van der Waals surface area contributed by atoms with Crippen molar-refractivity contribution in [1.29, 1.82) is 0 Å². The van der Waals surface area contributed by atoms with E-state index in [0.717, 1.165) is 29.3 Å². The summed E-state index contributed by atoms with van der Waals surface area (Å²) in [5, 5.41) is 3.72. The number of furan rings is 1. The van der Waals surface area contributed by atoms with Gasteiger partial charge in [-0.15, -0.1) is 11.3 Å². The van der Waals surface area contributed by atoms with Crippen molar-refractivity contribution in [2.45, 2.75) is 38.8 Å². The zero-order valence-electron chi connectivity index (χ0n) is 12.1. The molecule has 0 saturated carbocycles. The van der Waals surface area contributed by atoms with Gasteiger partial charge in [-0.1, -0.05) is 0 Å². The SMILES string of the molecule is Cc1sc(-c2ccco2)nc1C(=O)NC(C)C1CCCO1. The number of hydrogen-bond acceptors (Lipinski definition) is 5. The summed E-state index contributed by atoms with van der Waals surface area (Å²) in [5.74, 6) is 0.541. The van der Waals surface area contributed by atoms with Gasteiger partial charge in [0.05, 0.1) is 18.4 Å². The first-order valence-corrected chi connectivity index (χ1v) is 7.90. The highest BCUT2D eigenvalue weighted by molar-refractivity contribution is 7.15. The Morgan fingerprint density at radius 2 is 2.43 bits per heavy atom. The van der Waals surface area contributed by atoms with E-state index in [2.05, 4.69) is 10.3 Å². The fraction of sp³-hybridized carbons (Fsp3) is 0.467. The van der Waals surface area contributed by atoms with Crippen molar-refractivity contribution in [3.63, 3.8) is 0 Å². The van der Waals surface area contributed by atoms with E-state index in [-0.39, 0.29) is 18.1 Å². The molecule has 1 N–H and O–H groups in total. The van der Waals surface area contributed by atoms with Crippen LogP contribution in [0.3, 0.4) is 0 Å². The van der Waals surface area contributed by atoms with Crippen LogP contribution in [0.15, 0.2) is 22.8 Å². The van der Waals surface area contributed by atoms with Gasteiger partial charge in [0.25, 0.3) is 5.91 Å². The lowest BCUT2D eigenvalue weighted by Gasteiger charge is -2.19. The molecular weight excluding hydrogens is 288 g/mol. The Morgan fingerprint density at radius 1 is 1.57 bits per heavy atom. The van der Waals surface area contributed by atoms with Crippen LogP contribution in [0.5, 0.6) is 0 Å². The Labute approximate surface area is 127 Å². The molecule has 6 heteroatoms. The molecule has 2 aromatic heterocycles. The fourth-order valence-corrected chi connectivity index (χ4v) is 3.36. The third-order valence-corrected chi connectivity index (χ3v) is 4.61. The first kappa shape index (κ1) is 14.3. The lowest BCUT2D eigenvalue weighted by molar-refractivity contribution is 0.0709. The molecule has 3 rings (SSSR count). The fourth-order valence-electron chi connectivity index (χ4n) is 2.48. The minimum absolute atomic E-state index is 0.00633. The molecule has 21 heavy (non-hydrogen) atoms. The number of ether oxygens (including phenoxy) is 1. The lowest BCUT2D eigenvalue weighted by Crippen LogP contribution is -2.41. The number of thiazole rings is 1. The molecule has 5 nitrogen and oxygen atoms in total. The molecular formula is C15H18N2O3S. The molecule has 0 aliphatic carbocycles. The largest absolute Gasteiger partial charge is 0.462 e. The van der Waals surface area contributed by atoms with Crippen LogP contribution >= 0.6 is 11.3 Å². The summed E-state index contributed by atoms with van der Waals surface area (Å²) in [5.41, 5.74) is 0.469. The van der Waals surface area contributed by atoms with Crippen molar-refractivity contribution in [3.8, 4) is 10.8 Å². The maximum Gasteiger partial charge on any atom is 0.271 e. The molecule has 2 atom stereocenters. The summed E-state index contributed by atoms with van der Waals surface area (Å²) in [4.78, 5) is 17.7. The highest BCUT2D eigenvalue weighted by atomic mass is 32.1. The lowest BCUT2D eigenvalue weighted by atomic mass is 10.1. The monoisotopic (exact) mass is 306 g/mol. The third-order valence-electron chi connectivity index (χ3n) is 3.62. The second-order valence-corrected chi connectivity index (χ2v) is 6.42. The zero-order chi connectivity index (χ0) is 14.8. The van der Waals surface area contributed by atoms with Gasteiger partial charge in [0, 0.05) is 11.5 Å². The van der Waals surface area contributed by atoms with Gasteiger partial charge in [-0.05, 0) is 38.8 Å². The molecule has 0 aromatic carbocycles. The minimum Gasteiger partial charge on any atom is -0.462 e. The Morgan fingerprint density at radius 3 is 3.10 bits per heavy atom. The molecule has 1 amide bonds. The van der Waals surface area contributed by atoms with Gasteiger partial charge in [0.1, 0.15) is 5.69 Å². The average Bonchev–Trinajstić information content (AvgIpc) is 3.20. The van der Waals surface area contributed by atoms with Crippen LogP contribution in [0, 0.1) is 6.92 Å². The van der Waals surface area contributed by atoms with Gasteiger partial charge in [-0.2, -0.15) is 0 Å². The second kappa shape index (κ2) is 5.99. The van der Waals surface area contributed by atoms with Crippen LogP contribution in [0.25, 0.3) is 10.8 Å². The number of amides is 1. The van der Waals surface area contributed by atoms with Gasteiger partial charge >= 0.3 is 0 Å². The third kappa shape index (κ3) is 3.01. The number of carbonyl (C=O) groups excluding carboxylic acids is 1. The van der Waals surface area contributed by atoms with Gasteiger partial charge in [-0.25, -0.2) is 4.98 Å². The highest BCUT2D eigenvalue weighted by Crippen LogP contribution is 2.28. The minimum atomic E-state index is -0.149. The Kier molecular flexibility index (Phi) is 4.07. The van der Waals surface area contributed by atoms with Gasteiger partial charge in [0.15, 0.2) is 10.8 Å². The van der Waals surface area contributed by atoms with Crippen LogP contribution < -0.4 is 5.32 Å². The van der Waals surface area contributed by atoms with Gasteiger partial charge in [-0.3, -0.25) is 4.79 Å².